The van der Waals surface area contributed by atoms with Crippen molar-refractivity contribution in [2.45, 2.75) is 78.4 Å². The summed E-state index contributed by atoms with van der Waals surface area (Å²) in [7, 11) is 0. The largest absolute Gasteiger partial charge is 0.511 e. The van der Waals surface area contributed by atoms with Crippen LogP contribution in [0.25, 0.3) is 22.6 Å². The second-order valence-electron chi connectivity index (χ2n) is 12.0. The maximum Gasteiger partial charge on any atom is 0.511 e. The molecule has 0 radical (unpaired) electrons. The van der Waals surface area contributed by atoms with Gasteiger partial charge in [0.25, 0.3) is 5.91 Å². The zero-order valence-electron chi connectivity index (χ0n) is 28.7. The molecule has 0 spiro atoms. The van der Waals surface area contributed by atoms with Gasteiger partial charge in [-0.15, -0.1) is 5.10 Å². The third kappa shape index (κ3) is 10.2. The number of nitrogens with zero attached hydrogens (tertiary/aromatic N) is 6. The van der Waals surface area contributed by atoms with Crippen molar-refractivity contribution in [3.05, 3.63) is 100 Å². The molecule has 3 aromatic heterocycles. The van der Waals surface area contributed by atoms with E-state index in [2.05, 4.69) is 31.0 Å². The predicted octanol–water partition coefficient (Wildman–Crippen LogP) is 5.96. The molecule has 0 aliphatic rings. The van der Waals surface area contributed by atoms with E-state index in [4.69, 9.17) is 30.8 Å². The molecule has 0 bridgehead atoms. The number of aryl methyl sites for hydroxylation is 1. The molecule has 0 aliphatic carbocycles. The number of pyridine rings is 1. The van der Waals surface area contributed by atoms with E-state index in [1.165, 1.54) is 6.92 Å². The van der Waals surface area contributed by atoms with Crippen LogP contribution in [-0.2, 0) is 38.4 Å². The first kappa shape index (κ1) is 36.6. The molecule has 2 N–H and O–H groups in total. The number of H-pyrrole nitrogens is 1. The summed E-state index contributed by atoms with van der Waals surface area (Å²) < 4.78 is 17.0. The lowest BCUT2D eigenvalue weighted by Crippen LogP contribution is -2.39. The number of tetrazole rings is 1. The van der Waals surface area contributed by atoms with Gasteiger partial charge in [-0.2, -0.15) is 5.10 Å². The van der Waals surface area contributed by atoms with E-state index in [0.717, 1.165) is 40.1 Å². The Morgan fingerprint density at radius 2 is 1.73 bits per heavy atom. The van der Waals surface area contributed by atoms with Gasteiger partial charge in [-0.3, -0.25) is 19.3 Å². The molecule has 2 aromatic carbocycles. The molecule has 0 fully saturated rings. The van der Waals surface area contributed by atoms with Crippen LogP contribution in [0.4, 0.5) is 4.79 Å². The van der Waals surface area contributed by atoms with Crippen molar-refractivity contribution in [1.29, 1.82) is 0 Å². The molecular formula is C36H39ClN8O6. The van der Waals surface area contributed by atoms with E-state index < -0.39 is 36.5 Å². The number of amides is 1. The molecule has 0 saturated heterocycles. The summed E-state index contributed by atoms with van der Waals surface area (Å²) in [5, 5.41) is 22.3. The molecule has 5 aromatic rings. The number of halogens is 1. The van der Waals surface area contributed by atoms with Crippen molar-refractivity contribution in [2.75, 3.05) is 0 Å². The van der Waals surface area contributed by atoms with Gasteiger partial charge in [-0.1, -0.05) is 73.5 Å². The third-order valence-electron chi connectivity index (χ3n) is 7.63. The van der Waals surface area contributed by atoms with Crippen LogP contribution in [0.1, 0.15) is 67.8 Å². The van der Waals surface area contributed by atoms with E-state index in [0.29, 0.717) is 23.8 Å². The molecule has 15 heteroatoms. The third-order valence-corrected chi connectivity index (χ3v) is 8.00. The highest BCUT2D eigenvalue weighted by Crippen LogP contribution is 2.28. The number of carbonyl (C=O) groups excluding carboxylic acids is 3. The first-order valence-electron chi connectivity index (χ1n) is 16.6. The fourth-order valence-electron chi connectivity index (χ4n) is 5.37. The van der Waals surface area contributed by atoms with Gasteiger partial charge in [-0.25, -0.2) is 9.89 Å². The molecular weight excluding hydrogens is 676 g/mol. The lowest BCUT2D eigenvalue weighted by molar-refractivity contribution is -0.169. The van der Waals surface area contributed by atoms with Crippen LogP contribution in [-0.4, -0.2) is 71.9 Å². The topological polar surface area (TPSA) is 176 Å². The molecule has 0 saturated carbocycles. The quantitative estimate of drug-likeness (QED) is 0.0966. The summed E-state index contributed by atoms with van der Waals surface area (Å²) in [5.41, 5.74) is 5.14. The molecule has 0 aliphatic heterocycles. The van der Waals surface area contributed by atoms with Crippen molar-refractivity contribution >= 4 is 29.6 Å². The van der Waals surface area contributed by atoms with Crippen LogP contribution >= 0.6 is 11.6 Å². The van der Waals surface area contributed by atoms with E-state index in [-0.39, 0.29) is 18.5 Å². The Hall–Kier alpha value is -5.63. The van der Waals surface area contributed by atoms with Crippen molar-refractivity contribution in [3.8, 4) is 22.6 Å². The summed E-state index contributed by atoms with van der Waals surface area (Å²) in [6.45, 7) is 7.18. The molecule has 2 unspecified atom stereocenters. The van der Waals surface area contributed by atoms with Gasteiger partial charge >= 0.3 is 12.1 Å². The van der Waals surface area contributed by atoms with Gasteiger partial charge < -0.3 is 19.5 Å². The first-order chi connectivity index (χ1) is 24.6. The monoisotopic (exact) mass is 714 g/mol. The second kappa shape index (κ2) is 17.3. The number of hydrogen-bond donors (Lipinski definition) is 2. The average molecular weight is 715 g/mol. The highest BCUT2D eigenvalue weighted by molar-refractivity contribution is 6.31. The number of aromatic amines is 1. The highest BCUT2D eigenvalue weighted by Gasteiger charge is 2.24. The number of carbonyl (C=O) groups is 3. The minimum Gasteiger partial charge on any atom is -0.431 e. The number of aromatic nitrogens is 7. The number of ether oxygens (including phenoxy) is 3. The molecule has 5 rings (SSSR count). The number of benzene rings is 2. The van der Waals surface area contributed by atoms with Crippen LogP contribution in [0.5, 0.6) is 0 Å². The zero-order valence-corrected chi connectivity index (χ0v) is 29.5. The molecule has 51 heavy (non-hydrogen) atoms. The van der Waals surface area contributed by atoms with Gasteiger partial charge in [0, 0.05) is 41.0 Å². The lowest BCUT2D eigenvalue weighted by Gasteiger charge is -2.20. The minimum absolute atomic E-state index is 0.197. The number of esters is 1. The number of rotatable bonds is 15. The maximum atomic E-state index is 13.6. The van der Waals surface area contributed by atoms with E-state index in [9.17, 15) is 14.4 Å². The number of nitrogens with one attached hydrogen (secondary N) is 2. The number of hydrogen-bond acceptors (Lipinski definition) is 11. The standard InChI is InChI=1S/C36H39ClN8O6/c1-5-10-27-19-32(42-45(27)21-24-15-16-31(38-20-24)28-12-7-8-13-29(28)34-40-43-44-41-34)35(47)39-26(17-25-11-6-9-14-30(25)37)18-33(46)50-23(4)51-36(48)49-22(2)3/h6-9,11-16,19-20,22-23,26H,5,10,17-18,21H2,1-4H3,(H,39,47)(H,40,41,43,44). The first-order valence-corrected chi connectivity index (χ1v) is 16.9. The normalized spacial score (nSPS) is 12.3. The lowest BCUT2D eigenvalue weighted by atomic mass is 10.0. The van der Waals surface area contributed by atoms with Crippen LogP contribution in [0.2, 0.25) is 5.02 Å². The molecule has 3 heterocycles. The fourth-order valence-corrected chi connectivity index (χ4v) is 5.59. The predicted molar refractivity (Wildman–Crippen MR) is 187 cm³/mol. The van der Waals surface area contributed by atoms with Crippen LogP contribution in [0.3, 0.4) is 0 Å². The Morgan fingerprint density at radius 3 is 2.41 bits per heavy atom. The van der Waals surface area contributed by atoms with Gasteiger partial charge in [0.15, 0.2) is 5.82 Å². The van der Waals surface area contributed by atoms with Crippen molar-refractivity contribution in [3.63, 3.8) is 0 Å². The summed E-state index contributed by atoms with van der Waals surface area (Å²) in [4.78, 5) is 43.1. The van der Waals surface area contributed by atoms with Crippen molar-refractivity contribution in [2.24, 2.45) is 0 Å². The second-order valence-corrected chi connectivity index (χ2v) is 12.4. The van der Waals surface area contributed by atoms with Crippen LogP contribution in [0.15, 0.2) is 72.9 Å². The Labute approximate surface area is 299 Å². The summed E-state index contributed by atoms with van der Waals surface area (Å²) in [5.74, 6) is -0.612. The van der Waals surface area contributed by atoms with Crippen LogP contribution in [0, 0.1) is 0 Å². The van der Waals surface area contributed by atoms with Crippen molar-refractivity contribution < 1.29 is 28.6 Å². The molecule has 2 atom stereocenters. The highest BCUT2D eigenvalue weighted by atomic mass is 35.5. The molecule has 266 valence electrons. The van der Waals surface area contributed by atoms with Gasteiger partial charge in [0.05, 0.1) is 24.8 Å². The molecule has 1 amide bonds. The summed E-state index contributed by atoms with van der Waals surface area (Å²) in [6, 6.07) is 19.8. The van der Waals surface area contributed by atoms with Crippen molar-refractivity contribution in [1.82, 2.24) is 40.7 Å². The Morgan fingerprint density at radius 1 is 0.961 bits per heavy atom. The van der Waals surface area contributed by atoms with Gasteiger partial charge in [0.1, 0.15) is 5.69 Å². The Kier molecular flexibility index (Phi) is 12.5. The van der Waals surface area contributed by atoms with E-state index in [1.807, 2.05) is 55.5 Å². The Bertz CT molecular complexity index is 1930. The zero-order chi connectivity index (χ0) is 36.3. The SMILES string of the molecule is CCCc1cc(C(=O)NC(CC(=O)OC(C)OC(=O)OC(C)C)Cc2ccccc2Cl)nn1Cc1ccc(-c2ccccc2-c2nnn[nH]2)nc1. The summed E-state index contributed by atoms with van der Waals surface area (Å²) in [6.07, 6.45) is 0.772. The minimum atomic E-state index is -1.20. The summed E-state index contributed by atoms with van der Waals surface area (Å²) >= 11 is 6.42. The van der Waals surface area contributed by atoms with Gasteiger partial charge in [-0.05, 0) is 66.4 Å². The molecule has 14 nitrogen and oxygen atoms in total. The fraction of sp³-hybridized carbons (Fsp3) is 0.333. The van der Waals surface area contributed by atoms with Gasteiger partial charge in [0.2, 0.25) is 6.29 Å². The Balaban J connectivity index is 1.30. The van der Waals surface area contributed by atoms with E-state index >= 15 is 0 Å². The van der Waals surface area contributed by atoms with E-state index in [1.54, 1.807) is 42.9 Å². The maximum absolute atomic E-state index is 13.6. The van der Waals surface area contributed by atoms with Crippen LogP contribution < -0.4 is 5.32 Å². The smallest absolute Gasteiger partial charge is 0.431 e. The average Bonchev–Trinajstić information content (AvgIpc) is 3.77.